The van der Waals surface area contributed by atoms with Gasteiger partial charge in [-0.2, -0.15) is 0 Å². The van der Waals surface area contributed by atoms with Gasteiger partial charge in [0.15, 0.2) is 5.78 Å². The fourth-order valence-electron chi connectivity index (χ4n) is 1.93. The van der Waals surface area contributed by atoms with Crippen molar-refractivity contribution in [1.82, 2.24) is 4.90 Å². The number of carbonyl (C=O) groups excluding carboxylic acids is 1. The summed E-state index contributed by atoms with van der Waals surface area (Å²) >= 11 is 3.30. The maximum atomic E-state index is 12.3. The van der Waals surface area contributed by atoms with E-state index in [9.17, 15) is 4.79 Å². The molecule has 0 spiro atoms. The summed E-state index contributed by atoms with van der Waals surface area (Å²) < 4.78 is 1.10. The van der Waals surface area contributed by atoms with Gasteiger partial charge in [0.2, 0.25) is 0 Å². The minimum absolute atomic E-state index is 0. The van der Waals surface area contributed by atoms with Crippen LogP contribution in [0.3, 0.4) is 0 Å². The Labute approximate surface area is 116 Å². The lowest BCUT2D eigenvalue weighted by Gasteiger charge is -2.17. The predicted molar refractivity (Wildman–Crippen MR) is 77.7 cm³/mol. The number of rotatable bonds is 2. The molecule has 0 bridgehead atoms. The Hall–Kier alpha value is -0.230. The van der Waals surface area contributed by atoms with E-state index < -0.39 is 0 Å². The molecule has 0 fully saturated rings. The number of ketones is 1. The van der Waals surface area contributed by atoms with Crippen LogP contribution in [0.4, 0.5) is 5.00 Å². The first-order chi connectivity index (χ1) is 7.58. The number of hydrogen-bond donors (Lipinski definition) is 1. The molecular weight excluding hydrogens is 276 g/mol. The first-order valence-corrected chi connectivity index (χ1v) is 7.09. The lowest BCUT2D eigenvalue weighted by atomic mass is 9.96. The highest BCUT2D eigenvalue weighted by atomic mass is 35.5. The van der Waals surface area contributed by atoms with Gasteiger partial charge in [-0.1, -0.05) is 0 Å². The molecule has 1 aromatic rings. The molecule has 0 radical (unpaired) electrons. The van der Waals surface area contributed by atoms with Crippen molar-refractivity contribution >= 4 is 46.3 Å². The predicted octanol–water partition coefficient (Wildman–Crippen LogP) is 2.61. The molecule has 0 saturated heterocycles. The molecule has 1 unspecified atom stereocenters. The molecule has 3 nitrogen and oxygen atoms in total. The Morgan fingerprint density at radius 1 is 1.53 bits per heavy atom. The van der Waals surface area contributed by atoms with Crippen LogP contribution in [0, 0.1) is 5.92 Å². The van der Waals surface area contributed by atoms with Gasteiger partial charge in [-0.3, -0.25) is 4.79 Å². The maximum Gasteiger partial charge on any atom is 0.169 e. The van der Waals surface area contributed by atoms with E-state index in [1.165, 1.54) is 11.3 Å². The lowest BCUT2D eigenvalue weighted by molar-refractivity contribution is 0.0894. The standard InChI is InChI=1S/C11H16N2OS2.ClH/c1-13(2)6-7-3-4-15-11-8(10(7)14)5-9(12)16-11;/h5,7H,3-4,6,12H2,1-2H3;1H. The van der Waals surface area contributed by atoms with E-state index >= 15 is 0 Å². The monoisotopic (exact) mass is 292 g/mol. The molecule has 1 atom stereocenters. The number of Topliss-reactive ketones (excluding diaryl/α,β-unsaturated/α-hetero) is 1. The zero-order chi connectivity index (χ0) is 11.7. The molecule has 1 aromatic heterocycles. The van der Waals surface area contributed by atoms with Crippen molar-refractivity contribution in [2.75, 3.05) is 32.1 Å². The third-order valence-corrected chi connectivity index (χ3v) is 4.92. The number of anilines is 1. The Bertz CT molecular complexity index is 406. The van der Waals surface area contributed by atoms with Crippen molar-refractivity contribution in [2.45, 2.75) is 10.6 Å². The largest absolute Gasteiger partial charge is 0.391 e. The Morgan fingerprint density at radius 3 is 2.88 bits per heavy atom. The van der Waals surface area contributed by atoms with E-state index in [4.69, 9.17) is 5.73 Å². The highest BCUT2D eigenvalue weighted by Gasteiger charge is 2.27. The van der Waals surface area contributed by atoms with E-state index in [1.807, 2.05) is 20.2 Å². The van der Waals surface area contributed by atoms with Crippen LogP contribution in [0.2, 0.25) is 0 Å². The van der Waals surface area contributed by atoms with Gasteiger partial charge in [-0.05, 0) is 32.3 Å². The van der Waals surface area contributed by atoms with Gasteiger partial charge in [0.05, 0.1) is 9.21 Å². The minimum Gasteiger partial charge on any atom is -0.391 e. The van der Waals surface area contributed by atoms with Crippen LogP contribution in [0.15, 0.2) is 10.3 Å². The SMILES string of the molecule is CN(C)CC1CCSc2sc(N)cc2C1=O.Cl. The van der Waals surface area contributed by atoms with Crippen LogP contribution in [0.25, 0.3) is 0 Å². The number of carbonyl (C=O) groups is 1. The fourth-order valence-corrected chi connectivity index (χ4v) is 4.27. The molecule has 6 heteroatoms. The van der Waals surface area contributed by atoms with Crippen molar-refractivity contribution in [2.24, 2.45) is 5.92 Å². The zero-order valence-electron chi connectivity index (χ0n) is 9.93. The number of thiophene rings is 1. The number of hydrogen-bond acceptors (Lipinski definition) is 5. The second kappa shape index (κ2) is 6.09. The van der Waals surface area contributed by atoms with Crippen LogP contribution in [-0.4, -0.2) is 37.1 Å². The first-order valence-electron chi connectivity index (χ1n) is 5.29. The Morgan fingerprint density at radius 2 is 2.24 bits per heavy atom. The molecule has 0 amide bonds. The minimum atomic E-state index is 0. The van der Waals surface area contributed by atoms with E-state index in [-0.39, 0.29) is 24.1 Å². The summed E-state index contributed by atoms with van der Waals surface area (Å²) in [6.45, 7) is 0.828. The molecule has 2 rings (SSSR count). The summed E-state index contributed by atoms with van der Waals surface area (Å²) in [5.41, 5.74) is 6.61. The number of nitrogens with two attached hydrogens (primary N) is 1. The van der Waals surface area contributed by atoms with E-state index in [1.54, 1.807) is 11.8 Å². The summed E-state index contributed by atoms with van der Waals surface area (Å²) in [5.74, 6) is 1.40. The van der Waals surface area contributed by atoms with Gasteiger partial charge >= 0.3 is 0 Å². The van der Waals surface area contributed by atoms with E-state index in [2.05, 4.69) is 4.90 Å². The van der Waals surface area contributed by atoms with Gasteiger partial charge in [0, 0.05) is 18.0 Å². The van der Waals surface area contributed by atoms with Crippen LogP contribution < -0.4 is 5.73 Å². The number of nitrogen functional groups attached to an aromatic ring is 1. The normalized spacial score (nSPS) is 19.7. The topological polar surface area (TPSA) is 46.3 Å². The third kappa shape index (κ3) is 3.37. The van der Waals surface area contributed by atoms with Crippen molar-refractivity contribution < 1.29 is 4.79 Å². The van der Waals surface area contributed by atoms with E-state index in [0.717, 1.165) is 33.5 Å². The maximum absolute atomic E-state index is 12.3. The smallest absolute Gasteiger partial charge is 0.169 e. The number of halogens is 1. The van der Waals surface area contributed by atoms with Crippen molar-refractivity contribution in [3.8, 4) is 0 Å². The lowest BCUT2D eigenvalue weighted by Crippen LogP contribution is -2.27. The molecule has 0 aromatic carbocycles. The average molecular weight is 293 g/mol. The average Bonchev–Trinajstić information content (AvgIpc) is 2.50. The second-order valence-electron chi connectivity index (χ2n) is 4.31. The molecule has 2 heterocycles. The fraction of sp³-hybridized carbons (Fsp3) is 0.545. The van der Waals surface area contributed by atoms with E-state index in [0.29, 0.717) is 0 Å². The summed E-state index contributed by atoms with van der Waals surface area (Å²) in [7, 11) is 4.02. The molecule has 0 saturated carbocycles. The Balaban J connectivity index is 0.00000144. The number of nitrogens with zero attached hydrogens (tertiary/aromatic N) is 1. The van der Waals surface area contributed by atoms with Crippen molar-refractivity contribution in [1.29, 1.82) is 0 Å². The zero-order valence-corrected chi connectivity index (χ0v) is 12.4. The van der Waals surface area contributed by atoms with Gasteiger partial charge in [0.25, 0.3) is 0 Å². The summed E-state index contributed by atoms with van der Waals surface area (Å²) in [6, 6.07) is 1.84. The summed E-state index contributed by atoms with van der Waals surface area (Å²) in [6.07, 6.45) is 0.961. The Kier molecular flexibility index (Phi) is 5.31. The van der Waals surface area contributed by atoms with Crippen LogP contribution in [-0.2, 0) is 0 Å². The van der Waals surface area contributed by atoms with Gasteiger partial charge < -0.3 is 10.6 Å². The van der Waals surface area contributed by atoms with Crippen molar-refractivity contribution in [3.05, 3.63) is 11.6 Å². The van der Waals surface area contributed by atoms with Crippen molar-refractivity contribution in [3.63, 3.8) is 0 Å². The molecule has 17 heavy (non-hydrogen) atoms. The molecule has 0 aliphatic carbocycles. The molecule has 1 aliphatic rings. The number of thioether (sulfide) groups is 1. The quantitative estimate of drug-likeness (QED) is 0.910. The van der Waals surface area contributed by atoms with Gasteiger partial charge in [0.1, 0.15) is 0 Å². The molecular formula is C11H17ClN2OS2. The van der Waals surface area contributed by atoms with Gasteiger partial charge in [-0.15, -0.1) is 35.5 Å². The summed E-state index contributed by atoms with van der Waals surface area (Å²) in [5, 5.41) is 0.747. The van der Waals surface area contributed by atoms with Gasteiger partial charge in [-0.25, -0.2) is 0 Å². The highest BCUT2D eigenvalue weighted by molar-refractivity contribution is 8.01. The van der Waals surface area contributed by atoms with Crippen LogP contribution in [0.1, 0.15) is 16.8 Å². The third-order valence-electron chi connectivity index (χ3n) is 2.64. The first kappa shape index (κ1) is 14.8. The summed E-state index contributed by atoms with van der Waals surface area (Å²) in [4.78, 5) is 14.4. The second-order valence-corrected chi connectivity index (χ2v) is 6.76. The highest BCUT2D eigenvalue weighted by Crippen LogP contribution is 2.38. The number of fused-ring (bicyclic) bond motifs is 1. The molecule has 1 aliphatic heterocycles. The van der Waals surface area contributed by atoms with Crippen LogP contribution >= 0.6 is 35.5 Å². The van der Waals surface area contributed by atoms with Crippen LogP contribution in [0.5, 0.6) is 0 Å². The molecule has 2 N–H and O–H groups in total. The molecule has 96 valence electrons.